The topological polar surface area (TPSA) is 46.8 Å². The second-order valence-electron chi connectivity index (χ2n) is 12.1. The van der Waals surface area contributed by atoms with E-state index in [0.29, 0.717) is 17.5 Å². The zero-order valence-corrected chi connectivity index (χ0v) is 27.1. The van der Waals surface area contributed by atoms with Crippen LogP contribution in [0.1, 0.15) is 0 Å². The Labute approximate surface area is 290 Å². The molecule has 0 saturated carbocycles. The van der Waals surface area contributed by atoms with Gasteiger partial charge in [-0.1, -0.05) is 127 Å². The molecule has 50 heavy (non-hydrogen) atoms. The first kappa shape index (κ1) is 29.3. The van der Waals surface area contributed by atoms with Crippen molar-refractivity contribution in [1.29, 1.82) is 0 Å². The van der Waals surface area contributed by atoms with Crippen LogP contribution >= 0.6 is 0 Å². The van der Waals surface area contributed by atoms with E-state index >= 15 is 0 Å². The van der Waals surface area contributed by atoms with Crippen LogP contribution in [0, 0.1) is 0 Å². The molecule has 0 atom stereocenters. The van der Waals surface area contributed by atoms with E-state index in [9.17, 15) is 0 Å². The normalized spacial score (nSPS) is 11.2. The van der Waals surface area contributed by atoms with E-state index in [1.807, 2.05) is 60.7 Å². The standard InChI is InChI=1S/C45H31N5/c1-5-16-32(17-6-1)43-46-44(33-18-7-2-8-19-33)48-45(47-43)34-28-30-37(31-29-34)50-40-26-14-13-24-38(40)39-25-15-27-41(42(39)50)49(35-20-9-3-10-21-35)36-22-11-4-12-23-36/h1-31H. The van der Waals surface area contributed by atoms with Crippen molar-refractivity contribution in [2.24, 2.45) is 0 Å². The van der Waals surface area contributed by atoms with Gasteiger partial charge in [0.05, 0.1) is 16.7 Å². The Morgan fingerprint density at radius 1 is 0.360 bits per heavy atom. The summed E-state index contributed by atoms with van der Waals surface area (Å²) < 4.78 is 2.38. The summed E-state index contributed by atoms with van der Waals surface area (Å²) in [6.07, 6.45) is 0. The molecule has 0 N–H and O–H groups in total. The van der Waals surface area contributed by atoms with Gasteiger partial charge in [0.25, 0.3) is 0 Å². The molecule has 9 rings (SSSR count). The Bertz CT molecular complexity index is 2470. The Balaban J connectivity index is 1.22. The summed E-state index contributed by atoms with van der Waals surface area (Å²) in [5.74, 6) is 1.92. The van der Waals surface area contributed by atoms with Gasteiger partial charge in [-0.25, -0.2) is 15.0 Å². The Morgan fingerprint density at radius 3 is 1.34 bits per heavy atom. The second-order valence-corrected chi connectivity index (χ2v) is 12.1. The van der Waals surface area contributed by atoms with Gasteiger partial charge in [-0.05, 0) is 60.7 Å². The SMILES string of the molecule is c1ccc(-c2nc(-c3ccccc3)nc(-c3ccc(-n4c5ccccc5c5cccc(N(c6ccccc6)c6ccccc6)c54)cc3)n2)cc1. The minimum Gasteiger partial charge on any atom is -0.308 e. The highest BCUT2D eigenvalue weighted by atomic mass is 15.2. The molecule has 9 aromatic rings. The highest BCUT2D eigenvalue weighted by molar-refractivity contribution is 6.14. The number of rotatable bonds is 7. The van der Waals surface area contributed by atoms with Gasteiger partial charge in [0.15, 0.2) is 17.5 Å². The third-order valence-corrected chi connectivity index (χ3v) is 9.03. The minimum atomic E-state index is 0.631. The molecular formula is C45H31N5. The van der Waals surface area contributed by atoms with E-state index in [1.54, 1.807) is 0 Å². The van der Waals surface area contributed by atoms with Crippen LogP contribution in [0.2, 0.25) is 0 Å². The van der Waals surface area contributed by atoms with Gasteiger partial charge < -0.3 is 9.47 Å². The van der Waals surface area contributed by atoms with Crippen LogP contribution in [0.15, 0.2) is 188 Å². The molecule has 0 amide bonds. The number of hydrogen-bond acceptors (Lipinski definition) is 4. The van der Waals surface area contributed by atoms with Crippen molar-refractivity contribution in [2.75, 3.05) is 4.90 Å². The van der Waals surface area contributed by atoms with Gasteiger partial charge in [-0.15, -0.1) is 0 Å². The summed E-state index contributed by atoms with van der Waals surface area (Å²) in [6.45, 7) is 0. The molecule has 2 aromatic heterocycles. The van der Waals surface area contributed by atoms with Crippen molar-refractivity contribution >= 4 is 38.9 Å². The molecule has 0 bridgehead atoms. The molecule has 0 aliphatic heterocycles. The summed E-state index contributed by atoms with van der Waals surface area (Å²) in [7, 11) is 0. The number of aromatic nitrogens is 4. The molecule has 0 saturated heterocycles. The van der Waals surface area contributed by atoms with E-state index in [-0.39, 0.29) is 0 Å². The molecule has 5 nitrogen and oxygen atoms in total. The van der Waals surface area contributed by atoms with E-state index in [4.69, 9.17) is 15.0 Å². The lowest BCUT2D eigenvalue weighted by Gasteiger charge is -2.27. The van der Waals surface area contributed by atoms with Crippen LogP contribution in [0.25, 0.3) is 61.7 Å². The van der Waals surface area contributed by atoms with E-state index in [1.165, 1.54) is 10.8 Å². The van der Waals surface area contributed by atoms with Gasteiger partial charge in [0.2, 0.25) is 0 Å². The molecule has 0 aliphatic carbocycles. The fourth-order valence-corrected chi connectivity index (χ4v) is 6.73. The summed E-state index contributed by atoms with van der Waals surface area (Å²) >= 11 is 0. The highest BCUT2D eigenvalue weighted by Crippen LogP contribution is 2.43. The molecule has 0 aliphatic rings. The molecule has 0 radical (unpaired) electrons. The number of anilines is 3. The third kappa shape index (κ3) is 5.27. The summed E-state index contributed by atoms with van der Waals surface area (Å²) in [5.41, 5.74) is 9.42. The van der Waals surface area contributed by atoms with Crippen LogP contribution in [-0.4, -0.2) is 19.5 Å². The van der Waals surface area contributed by atoms with Crippen LogP contribution in [0.3, 0.4) is 0 Å². The predicted octanol–water partition coefficient (Wildman–Crippen LogP) is 11.4. The molecular weight excluding hydrogens is 611 g/mol. The van der Waals surface area contributed by atoms with Crippen molar-refractivity contribution in [3.8, 4) is 39.9 Å². The number of fused-ring (bicyclic) bond motifs is 3. The monoisotopic (exact) mass is 641 g/mol. The fraction of sp³-hybridized carbons (Fsp3) is 0. The smallest absolute Gasteiger partial charge is 0.164 e. The van der Waals surface area contributed by atoms with Crippen molar-refractivity contribution in [3.05, 3.63) is 188 Å². The van der Waals surface area contributed by atoms with Crippen LogP contribution in [0.4, 0.5) is 17.1 Å². The lowest BCUT2D eigenvalue weighted by Crippen LogP contribution is -2.11. The molecule has 2 heterocycles. The van der Waals surface area contributed by atoms with Crippen LogP contribution in [0.5, 0.6) is 0 Å². The quantitative estimate of drug-likeness (QED) is 0.174. The number of nitrogens with zero attached hydrogens (tertiary/aromatic N) is 5. The Kier molecular flexibility index (Phi) is 7.41. The van der Waals surface area contributed by atoms with Crippen molar-refractivity contribution in [1.82, 2.24) is 19.5 Å². The molecule has 7 aromatic carbocycles. The van der Waals surface area contributed by atoms with Crippen LogP contribution in [-0.2, 0) is 0 Å². The van der Waals surface area contributed by atoms with Crippen molar-refractivity contribution in [2.45, 2.75) is 0 Å². The number of para-hydroxylation sites is 4. The first-order chi connectivity index (χ1) is 24.8. The Hall–Kier alpha value is -6.85. The van der Waals surface area contributed by atoms with Gasteiger partial charge in [0.1, 0.15) is 0 Å². The second kappa shape index (κ2) is 12.6. The fourth-order valence-electron chi connectivity index (χ4n) is 6.73. The maximum Gasteiger partial charge on any atom is 0.164 e. The maximum atomic E-state index is 4.96. The average molecular weight is 642 g/mol. The number of hydrogen-bond donors (Lipinski definition) is 0. The van der Waals surface area contributed by atoms with E-state index in [0.717, 1.165) is 50.5 Å². The summed E-state index contributed by atoms with van der Waals surface area (Å²) in [4.78, 5) is 17.1. The zero-order valence-electron chi connectivity index (χ0n) is 27.1. The first-order valence-electron chi connectivity index (χ1n) is 16.7. The molecule has 0 spiro atoms. The van der Waals surface area contributed by atoms with Crippen LogP contribution < -0.4 is 4.90 Å². The molecule has 0 fully saturated rings. The minimum absolute atomic E-state index is 0.631. The maximum absolute atomic E-state index is 4.96. The van der Waals surface area contributed by atoms with Gasteiger partial charge >= 0.3 is 0 Å². The van der Waals surface area contributed by atoms with Gasteiger partial charge in [-0.2, -0.15) is 0 Å². The third-order valence-electron chi connectivity index (χ3n) is 9.03. The first-order valence-corrected chi connectivity index (χ1v) is 16.7. The van der Waals surface area contributed by atoms with Crippen molar-refractivity contribution < 1.29 is 0 Å². The van der Waals surface area contributed by atoms with Crippen molar-refractivity contribution in [3.63, 3.8) is 0 Å². The van der Waals surface area contributed by atoms with Gasteiger partial charge in [-0.3, -0.25) is 0 Å². The molecule has 236 valence electrons. The van der Waals surface area contributed by atoms with E-state index < -0.39 is 0 Å². The molecule has 5 heteroatoms. The lowest BCUT2D eigenvalue weighted by molar-refractivity contribution is 1.07. The number of benzene rings is 7. The highest BCUT2D eigenvalue weighted by Gasteiger charge is 2.21. The predicted molar refractivity (Wildman–Crippen MR) is 205 cm³/mol. The summed E-state index contributed by atoms with van der Waals surface area (Å²) in [5, 5.41) is 2.39. The van der Waals surface area contributed by atoms with Gasteiger partial charge in [0, 0.05) is 44.5 Å². The Morgan fingerprint density at radius 2 is 0.800 bits per heavy atom. The largest absolute Gasteiger partial charge is 0.308 e. The summed E-state index contributed by atoms with van der Waals surface area (Å²) in [6, 6.07) is 65.1. The lowest BCUT2D eigenvalue weighted by atomic mass is 10.1. The average Bonchev–Trinajstić information content (AvgIpc) is 3.54. The molecule has 0 unspecified atom stereocenters. The van der Waals surface area contributed by atoms with E-state index in [2.05, 4.69) is 137 Å². The zero-order chi connectivity index (χ0) is 33.3.